The number of benzene rings is 1. The molecule has 2 fully saturated rings. The quantitative estimate of drug-likeness (QED) is 0.762. The number of nitriles is 1. The first-order valence-electron chi connectivity index (χ1n) is 9.35. The van der Waals surface area contributed by atoms with Crippen molar-refractivity contribution in [2.24, 2.45) is 5.92 Å². The molecule has 2 unspecified atom stereocenters. The lowest BCUT2D eigenvalue weighted by Crippen LogP contribution is -2.34. The summed E-state index contributed by atoms with van der Waals surface area (Å²) in [5.41, 5.74) is 0.855. The molecule has 4 rings (SSSR count). The molecule has 6 heteroatoms. The summed E-state index contributed by atoms with van der Waals surface area (Å²) in [7, 11) is 0. The highest BCUT2D eigenvalue weighted by atomic mass is 35.5. The van der Waals surface area contributed by atoms with Crippen molar-refractivity contribution in [1.29, 1.82) is 5.26 Å². The van der Waals surface area contributed by atoms with Crippen LogP contribution in [0.25, 0.3) is 0 Å². The van der Waals surface area contributed by atoms with Crippen molar-refractivity contribution in [3.8, 4) is 6.07 Å². The number of amides is 1. The Morgan fingerprint density at radius 2 is 2.15 bits per heavy atom. The molecule has 2 saturated carbocycles. The molecule has 27 heavy (non-hydrogen) atoms. The van der Waals surface area contributed by atoms with Gasteiger partial charge in [-0.15, -0.1) is 0 Å². The molecule has 0 aliphatic heterocycles. The van der Waals surface area contributed by atoms with E-state index in [4.69, 9.17) is 16.0 Å². The lowest BCUT2D eigenvalue weighted by molar-refractivity contribution is -0.117. The van der Waals surface area contributed by atoms with Gasteiger partial charge in [-0.2, -0.15) is 5.26 Å². The summed E-state index contributed by atoms with van der Waals surface area (Å²) in [4.78, 5) is 14.7. The van der Waals surface area contributed by atoms with Crippen LogP contribution in [0.4, 0.5) is 5.69 Å². The van der Waals surface area contributed by atoms with Crippen molar-refractivity contribution in [2.75, 3.05) is 11.9 Å². The second-order valence-corrected chi connectivity index (χ2v) is 8.05. The highest BCUT2D eigenvalue weighted by Gasteiger charge is 2.37. The third kappa shape index (κ3) is 4.35. The Bertz CT molecular complexity index is 897. The third-order valence-electron chi connectivity index (χ3n) is 5.30. The number of carbonyl (C=O) groups excluding carboxylic acids is 1. The van der Waals surface area contributed by atoms with Crippen LogP contribution in [0.15, 0.2) is 34.7 Å². The molecule has 2 aliphatic carbocycles. The fraction of sp³-hybridized carbons (Fsp3) is 0.429. The van der Waals surface area contributed by atoms with Gasteiger partial charge in [-0.1, -0.05) is 18.5 Å². The van der Waals surface area contributed by atoms with Gasteiger partial charge >= 0.3 is 0 Å². The van der Waals surface area contributed by atoms with Crippen molar-refractivity contribution in [3.05, 3.63) is 52.4 Å². The molecule has 1 aromatic heterocycles. The zero-order valence-corrected chi connectivity index (χ0v) is 16.0. The number of nitrogens with zero attached hydrogens (tertiary/aromatic N) is 2. The zero-order valence-electron chi connectivity index (χ0n) is 15.2. The Morgan fingerprint density at radius 1 is 1.37 bits per heavy atom. The van der Waals surface area contributed by atoms with Crippen LogP contribution in [0.5, 0.6) is 0 Å². The molecule has 1 aromatic carbocycles. The number of furan rings is 1. The van der Waals surface area contributed by atoms with E-state index in [9.17, 15) is 10.1 Å². The first-order valence-corrected chi connectivity index (χ1v) is 9.73. The monoisotopic (exact) mass is 383 g/mol. The van der Waals surface area contributed by atoms with Crippen molar-refractivity contribution < 1.29 is 9.21 Å². The standard InChI is InChI=1S/C21H22ClN3O2/c1-13-8-18(13)20-7-6-17(27-20)11-25(16-4-5-16)12-21(26)24-19-9-15(22)3-2-14(19)10-23/h2-3,6-7,9,13,16,18H,4-5,8,11-12H2,1H3,(H,24,26). The van der Waals surface area contributed by atoms with E-state index in [2.05, 4.69) is 29.3 Å². The van der Waals surface area contributed by atoms with E-state index >= 15 is 0 Å². The molecule has 0 radical (unpaired) electrons. The van der Waals surface area contributed by atoms with Gasteiger partial charge in [0.25, 0.3) is 0 Å². The van der Waals surface area contributed by atoms with E-state index in [1.165, 1.54) is 6.42 Å². The van der Waals surface area contributed by atoms with Gasteiger partial charge in [0.1, 0.15) is 17.6 Å². The van der Waals surface area contributed by atoms with Crippen LogP contribution < -0.4 is 5.32 Å². The number of hydrogen-bond acceptors (Lipinski definition) is 4. The molecule has 2 atom stereocenters. The number of carbonyl (C=O) groups is 1. The van der Waals surface area contributed by atoms with E-state index in [-0.39, 0.29) is 12.5 Å². The third-order valence-corrected chi connectivity index (χ3v) is 5.54. The molecule has 140 valence electrons. The minimum atomic E-state index is -0.150. The maximum absolute atomic E-state index is 12.6. The van der Waals surface area contributed by atoms with Crippen LogP contribution in [0.3, 0.4) is 0 Å². The second-order valence-electron chi connectivity index (χ2n) is 7.61. The van der Waals surface area contributed by atoms with Crippen molar-refractivity contribution >= 4 is 23.2 Å². The summed E-state index contributed by atoms with van der Waals surface area (Å²) >= 11 is 5.99. The summed E-state index contributed by atoms with van der Waals surface area (Å²) in [6, 6.07) is 11.4. The van der Waals surface area contributed by atoms with Crippen molar-refractivity contribution in [3.63, 3.8) is 0 Å². The molecule has 1 amide bonds. The van der Waals surface area contributed by atoms with Crippen LogP contribution in [-0.2, 0) is 11.3 Å². The van der Waals surface area contributed by atoms with Crippen molar-refractivity contribution in [2.45, 2.75) is 44.7 Å². The Hall–Kier alpha value is -2.29. The van der Waals surface area contributed by atoms with Gasteiger partial charge in [-0.05, 0) is 55.5 Å². The predicted molar refractivity (Wildman–Crippen MR) is 103 cm³/mol. The van der Waals surface area contributed by atoms with E-state index in [0.717, 1.165) is 24.4 Å². The number of anilines is 1. The summed E-state index contributed by atoms with van der Waals surface area (Å²) in [5.74, 6) is 3.09. The molecule has 5 nitrogen and oxygen atoms in total. The number of halogens is 1. The van der Waals surface area contributed by atoms with Crippen LogP contribution in [0.2, 0.25) is 5.02 Å². The summed E-state index contributed by atoms with van der Waals surface area (Å²) in [6.45, 7) is 3.12. The van der Waals surface area contributed by atoms with Gasteiger partial charge in [0.15, 0.2) is 0 Å². The Morgan fingerprint density at radius 3 is 2.81 bits per heavy atom. The van der Waals surface area contributed by atoms with Crippen LogP contribution >= 0.6 is 11.6 Å². The first-order chi connectivity index (χ1) is 13.0. The minimum Gasteiger partial charge on any atom is -0.464 e. The SMILES string of the molecule is CC1CC1c1ccc(CN(CC(=O)Nc2cc(Cl)ccc2C#N)C2CC2)o1. The highest BCUT2D eigenvalue weighted by molar-refractivity contribution is 6.31. The van der Waals surface area contributed by atoms with Crippen molar-refractivity contribution in [1.82, 2.24) is 4.90 Å². The predicted octanol–water partition coefficient (Wildman–Crippen LogP) is 4.53. The van der Waals surface area contributed by atoms with E-state index < -0.39 is 0 Å². The van der Waals surface area contributed by atoms with Crippen LogP contribution in [0, 0.1) is 17.2 Å². The van der Waals surface area contributed by atoms with Gasteiger partial charge in [-0.25, -0.2) is 0 Å². The van der Waals surface area contributed by atoms with E-state index in [1.54, 1.807) is 18.2 Å². The molecule has 1 N–H and O–H groups in total. The number of nitrogens with one attached hydrogen (secondary N) is 1. The van der Waals surface area contributed by atoms with Crippen LogP contribution in [-0.4, -0.2) is 23.4 Å². The zero-order chi connectivity index (χ0) is 19.0. The summed E-state index contributed by atoms with van der Waals surface area (Å²) in [6.07, 6.45) is 3.39. The molecule has 0 spiro atoms. The lowest BCUT2D eigenvalue weighted by Gasteiger charge is -2.20. The van der Waals surface area contributed by atoms with E-state index in [0.29, 0.717) is 40.7 Å². The second kappa shape index (κ2) is 7.38. The van der Waals surface area contributed by atoms with Gasteiger partial charge in [0, 0.05) is 17.0 Å². The normalized spacial score (nSPS) is 21.1. The Labute approximate surface area is 163 Å². The van der Waals surface area contributed by atoms with Gasteiger partial charge < -0.3 is 9.73 Å². The van der Waals surface area contributed by atoms with E-state index in [1.807, 2.05) is 6.07 Å². The first kappa shape index (κ1) is 18.1. The molecule has 1 heterocycles. The molecular formula is C21H22ClN3O2. The largest absolute Gasteiger partial charge is 0.464 e. The van der Waals surface area contributed by atoms with Gasteiger partial charge in [-0.3, -0.25) is 9.69 Å². The van der Waals surface area contributed by atoms with Gasteiger partial charge in [0.2, 0.25) is 5.91 Å². The van der Waals surface area contributed by atoms with Crippen LogP contribution in [0.1, 0.15) is 49.2 Å². The maximum atomic E-state index is 12.6. The average molecular weight is 384 g/mol. The Balaban J connectivity index is 1.40. The minimum absolute atomic E-state index is 0.150. The molecule has 2 aromatic rings. The summed E-state index contributed by atoms with van der Waals surface area (Å²) in [5, 5.41) is 12.5. The Kier molecular flexibility index (Phi) is 4.94. The lowest BCUT2D eigenvalue weighted by atomic mass is 10.2. The number of hydrogen-bond donors (Lipinski definition) is 1. The van der Waals surface area contributed by atoms with Gasteiger partial charge in [0.05, 0.1) is 24.3 Å². The maximum Gasteiger partial charge on any atom is 0.238 e. The fourth-order valence-corrected chi connectivity index (χ4v) is 3.61. The molecule has 0 saturated heterocycles. The average Bonchev–Trinajstić information content (AvgIpc) is 3.55. The molecule has 0 bridgehead atoms. The molecule has 2 aliphatic rings. The highest BCUT2D eigenvalue weighted by Crippen LogP contribution is 2.47. The topological polar surface area (TPSA) is 69.3 Å². The fourth-order valence-electron chi connectivity index (χ4n) is 3.44. The summed E-state index contributed by atoms with van der Waals surface area (Å²) < 4.78 is 6.00. The number of rotatable bonds is 7. The molecular weight excluding hydrogens is 362 g/mol. The smallest absolute Gasteiger partial charge is 0.238 e.